The average Bonchev–Trinajstić information content (AvgIpc) is 3.28. The monoisotopic (exact) mass is 680 g/mol. The fourth-order valence-corrected chi connectivity index (χ4v) is 8.60. The van der Waals surface area contributed by atoms with E-state index >= 15 is 0 Å². The molecule has 2 saturated heterocycles. The molecule has 41 heavy (non-hydrogen) atoms. The highest BCUT2D eigenvalue weighted by atomic mass is 79.9. The van der Waals surface area contributed by atoms with Gasteiger partial charge in [-0.1, -0.05) is 57.4 Å². The number of carbonyl (C=O) groups is 4. The SMILES string of the molecule is COc1cccc(C2C3=CCC4C(=O)N(c5ccc(C)c(Cl)c5)C(=O)C4C3CC3(Cl)C(=O)N(CBr)C(=O)C23Cl)c1O. The van der Waals surface area contributed by atoms with Gasteiger partial charge in [-0.3, -0.25) is 24.1 Å². The Morgan fingerprint density at radius 2 is 1.80 bits per heavy atom. The van der Waals surface area contributed by atoms with E-state index in [-0.39, 0.29) is 41.3 Å². The molecule has 2 aromatic rings. The maximum absolute atomic E-state index is 14.1. The number of hydrogen-bond donors (Lipinski definition) is 1. The van der Waals surface area contributed by atoms with Crippen molar-refractivity contribution in [3.05, 3.63) is 64.2 Å². The molecule has 12 heteroatoms. The van der Waals surface area contributed by atoms with Crippen LogP contribution in [-0.4, -0.2) is 55.9 Å². The van der Waals surface area contributed by atoms with Crippen molar-refractivity contribution in [1.82, 2.24) is 4.90 Å². The number of anilines is 1. The number of aromatic hydroxyl groups is 1. The van der Waals surface area contributed by atoms with Gasteiger partial charge in [0.2, 0.25) is 11.8 Å². The smallest absolute Gasteiger partial charge is 0.254 e. The van der Waals surface area contributed by atoms with E-state index in [2.05, 4.69) is 15.9 Å². The van der Waals surface area contributed by atoms with Crippen molar-refractivity contribution in [2.24, 2.45) is 17.8 Å². The minimum Gasteiger partial charge on any atom is -0.504 e. The first kappa shape index (κ1) is 28.5. The van der Waals surface area contributed by atoms with Crippen molar-refractivity contribution >= 4 is 80.0 Å². The van der Waals surface area contributed by atoms with Crippen molar-refractivity contribution in [2.45, 2.75) is 35.4 Å². The van der Waals surface area contributed by atoms with Crippen LogP contribution in [0.4, 0.5) is 5.69 Å². The molecule has 2 aromatic carbocycles. The molecule has 0 bridgehead atoms. The van der Waals surface area contributed by atoms with Crippen molar-refractivity contribution in [3.8, 4) is 11.5 Å². The van der Waals surface area contributed by atoms with E-state index in [0.29, 0.717) is 16.3 Å². The van der Waals surface area contributed by atoms with Gasteiger partial charge in [0.1, 0.15) is 0 Å². The number of phenols is 1. The lowest BCUT2D eigenvalue weighted by Crippen LogP contribution is -2.60. The number of hydrogen-bond acceptors (Lipinski definition) is 6. The van der Waals surface area contributed by atoms with Gasteiger partial charge in [-0.2, -0.15) is 0 Å². The summed E-state index contributed by atoms with van der Waals surface area (Å²) in [6.45, 7) is 1.82. The number of halogens is 4. The predicted molar refractivity (Wildman–Crippen MR) is 157 cm³/mol. The van der Waals surface area contributed by atoms with Gasteiger partial charge in [0.15, 0.2) is 21.2 Å². The van der Waals surface area contributed by atoms with Crippen LogP contribution in [0, 0.1) is 24.7 Å². The Morgan fingerprint density at radius 3 is 2.46 bits per heavy atom. The molecular formula is C29H24BrCl3N2O6. The Morgan fingerprint density at radius 1 is 1.07 bits per heavy atom. The molecule has 2 aliphatic carbocycles. The molecule has 0 spiro atoms. The quantitative estimate of drug-likeness (QED) is 0.204. The van der Waals surface area contributed by atoms with Gasteiger partial charge in [-0.25, -0.2) is 4.90 Å². The van der Waals surface area contributed by atoms with Crippen LogP contribution in [0.2, 0.25) is 5.02 Å². The van der Waals surface area contributed by atoms with E-state index in [4.69, 9.17) is 39.5 Å². The maximum Gasteiger partial charge on any atom is 0.254 e. The molecular weight excluding hydrogens is 659 g/mol. The second-order valence-corrected chi connectivity index (χ2v) is 13.0. The maximum atomic E-state index is 14.1. The number of allylic oxidation sites excluding steroid dienone is 2. The van der Waals surface area contributed by atoms with Gasteiger partial charge in [-0.05, 0) is 49.4 Å². The van der Waals surface area contributed by atoms with Crippen LogP contribution in [0.25, 0.3) is 0 Å². The number of methoxy groups -OCH3 is 1. The highest BCUT2D eigenvalue weighted by Crippen LogP contribution is 2.66. The molecule has 1 N–H and O–H groups in total. The van der Waals surface area contributed by atoms with Crippen LogP contribution in [0.15, 0.2) is 48.0 Å². The summed E-state index contributed by atoms with van der Waals surface area (Å²) in [4.78, 5) is 53.4. The fourth-order valence-electron chi connectivity index (χ4n) is 7.01. The zero-order valence-electron chi connectivity index (χ0n) is 21.9. The summed E-state index contributed by atoms with van der Waals surface area (Å²) in [5.74, 6) is -5.75. The number of likely N-dealkylation sites (tertiary alicyclic amines) is 1. The molecule has 2 heterocycles. The van der Waals surface area contributed by atoms with Crippen LogP contribution in [0.5, 0.6) is 11.5 Å². The second-order valence-electron chi connectivity index (χ2n) is 10.8. The summed E-state index contributed by atoms with van der Waals surface area (Å²) in [7, 11) is 1.39. The summed E-state index contributed by atoms with van der Waals surface area (Å²) < 4.78 is 5.32. The largest absolute Gasteiger partial charge is 0.504 e. The third-order valence-electron chi connectivity index (χ3n) is 8.99. The molecule has 6 rings (SSSR count). The van der Waals surface area contributed by atoms with Gasteiger partial charge in [-0.15, -0.1) is 23.2 Å². The predicted octanol–water partition coefficient (Wildman–Crippen LogP) is 5.28. The van der Waals surface area contributed by atoms with E-state index in [1.165, 1.54) is 7.11 Å². The summed E-state index contributed by atoms with van der Waals surface area (Å²) in [6, 6.07) is 9.76. The Kier molecular flexibility index (Phi) is 6.77. The number of alkyl halides is 3. The second kappa shape index (κ2) is 9.73. The number of nitrogens with zero attached hydrogens (tertiary/aromatic N) is 2. The summed E-state index contributed by atoms with van der Waals surface area (Å²) in [6.07, 6.45) is 1.86. The third kappa shape index (κ3) is 3.65. The van der Waals surface area contributed by atoms with E-state index in [1.54, 1.807) is 42.5 Å². The lowest BCUT2D eigenvalue weighted by atomic mass is 9.56. The normalized spacial score (nSPS) is 32.6. The first-order chi connectivity index (χ1) is 19.4. The number of aryl methyl sites for hydroxylation is 1. The number of fused-ring (bicyclic) bond motifs is 4. The van der Waals surface area contributed by atoms with Gasteiger partial charge < -0.3 is 9.84 Å². The average molecular weight is 683 g/mol. The molecule has 4 amide bonds. The van der Waals surface area contributed by atoms with Crippen LogP contribution in [0.3, 0.4) is 0 Å². The Hall–Kier alpha value is -2.59. The zero-order valence-corrected chi connectivity index (χ0v) is 25.7. The van der Waals surface area contributed by atoms with Gasteiger partial charge >= 0.3 is 0 Å². The Balaban J connectivity index is 1.53. The standard InChI is InChI=1S/C29H24BrCl3N2O6/c1-13-6-7-14(10-19(13)31)35-24(37)16-9-8-15-18(21(16)25(35)38)11-28(32)26(39)34(12-30)27(40)29(28,33)22(15)17-4-3-5-20(41-2)23(17)36/h3-8,10,16,18,21-22,36H,9,11-12H2,1-2H3. The topological polar surface area (TPSA) is 104 Å². The molecule has 3 fully saturated rings. The zero-order chi connectivity index (χ0) is 29.6. The van der Waals surface area contributed by atoms with Gasteiger partial charge in [0, 0.05) is 16.5 Å². The van der Waals surface area contributed by atoms with Crippen molar-refractivity contribution in [2.75, 3.05) is 17.5 Å². The van der Waals surface area contributed by atoms with Crippen molar-refractivity contribution in [1.29, 1.82) is 0 Å². The first-order valence-electron chi connectivity index (χ1n) is 12.9. The van der Waals surface area contributed by atoms with E-state index in [0.717, 1.165) is 15.4 Å². The molecule has 8 nitrogen and oxygen atoms in total. The van der Waals surface area contributed by atoms with E-state index < -0.39 is 51.1 Å². The van der Waals surface area contributed by atoms with Gasteiger partial charge in [0.05, 0.1) is 30.1 Å². The molecule has 6 unspecified atom stereocenters. The van der Waals surface area contributed by atoms with Crippen LogP contribution in [0.1, 0.15) is 29.9 Å². The summed E-state index contributed by atoms with van der Waals surface area (Å²) in [5, 5.41) is 11.6. The number of benzene rings is 2. The molecule has 6 atom stereocenters. The number of ether oxygens (including phenoxy) is 1. The lowest BCUT2D eigenvalue weighted by Gasteiger charge is -2.50. The molecule has 1 saturated carbocycles. The molecule has 2 aliphatic heterocycles. The number of rotatable bonds is 4. The third-order valence-corrected chi connectivity index (χ3v) is 11.3. The highest BCUT2D eigenvalue weighted by Gasteiger charge is 2.76. The molecule has 4 aliphatic rings. The van der Waals surface area contributed by atoms with Crippen molar-refractivity contribution in [3.63, 3.8) is 0 Å². The molecule has 214 valence electrons. The van der Waals surface area contributed by atoms with Gasteiger partial charge in [0.25, 0.3) is 11.8 Å². The Bertz CT molecular complexity index is 1580. The van der Waals surface area contributed by atoms with Crippen molar-refractivity contribution < 1.29 is 29.0 Å². The minimum atomic E-state index is -2.02. The Labute approximate surface area is 259 Å². The van der Waals surface area contributed by atoms with Crippen LogP contribution >= 0.6 is 50.7 Å². The van der Waals surface area contributed by atoms with E-state index in [1.807, 2.05) is 6.92 Å². The highest BCUT2D eigenvalue weighted by molar-refractivity contribution is 9.09. The lowest BCUT2D eigenvalue weighted by molar-refractivity contribution is -0.138. The fraction of sp³-hybridized carbons (Fsp3) is 0.379. The number of phenolic OH excluding ortho intramolecular Hbond substituents is 1. The number of imide groups is 2. The van der Waals surface area contributed by atoms with Crippen LogP contribution < -0.4 is 9.64 Å². The summed E-state index contributed by atoms with van der Waals surface area (Å²) in [5.41, 5.74) is 1.82. The number of carbonyl (C=O) groups excluding carboxylic acids is 4. The summed E-state index contributed by atoms with van der Waals surface area (Å²) >= 11 is 23.9. The number of para-hydroxylation sites is 1. The number of amides is 4. The van der Waals surface area contributed by atoms with Crippen LogP contribution in [-0.2, 0) is 19.2 Å². The first-order valence-corrected chi connectivity index (χ1v) is 15.2. The minimum absolute atomic E-state index is 0.139. The van der Waals surface area contributed by atoms with E-state index in [9.17, 15) is 24.3 Å². The molecule has 0 aromatic heterocycles. The molecule has 0 radical (unpaired) electrons.